The maximum atomic E-state index is 12.0. The van der Waals surface area contributed by atoms with E-state index in [-0.39, 0.29) is 12.2 Å². The van der Waals surface area contributed by atoms with Crippen molar-refractivity contribution in [3.05, 3.63) is 53.5 Å². The van der Waals surface area contributed by atoms with Crippen molar-refractivity contribution in [2.24, 2.45) is 0 Å². The van der Waals surface area contributed by atoms with Gasteiger partial charge in [0.2, 0.25) is 0 Å². The molecule has 0 amide bonds. The zero-order valence-electron chi connectivity index (χ0n) is 15.3. The summed E-state index contributed by atoms with van der Waals surface area (Å²) >= 11 is 0. The summed E-state index contributed by atoms with van der Waals surface area (Å²) in [4.78, 5) is 20.3. The van der Waals surface area contributed by atoms with Gasteiger partial charge in [0.05, 0.1) is 18.8 Å². The lowest BCUT2D eigenvalue weighted by atomic mass is 9.98. The van der Waals surface area contributed by atoms with Crippen molar-refractivity contribution in [3.63, 3.8) is 0 Å². The quantitative estimate of drug-likeness (QED) is 0.797. The van der Waals surface area contributed by atoms with Crippen molar-refractivity contribution in [1.29, 1.82) is 0 Å². The predicted molar refractivity (Wildman–Crippen MR) is 99.1 cm³/mol. The fourth-order valence-corrected chi connectivity index (χ4v) is 3.21. The fraction of sp³-hybridized carbons (Fsp3) is 0.450. The van der Waals surface area contributed by atoms with E-state index in [0.29, 0.717) is 30.2 Å². The van der Waals surface area contributed by atoms with E-state index in [2.05, 4.69) is 27.4 Å². The molecular formula is C20H25N3O3. The Hall–Kier alpha value is -2.47. The van der Waals surface area contributed by atoms with Gasteiger partial charge in [-0.25, -0.2) is 14.8 Å². The molecule has 1 fully saturated rings. The molecule has 1 N–H and O–H groups in total. The molecule has 2 heterocycles. The number of esters is 1. The Morgan fingerprint density at radius 3 is 2.85 bits per heavy atom. The minimum Gasteiger partial charge on any atom is -0.461 e. The lowest BCUT2D eigenvalue weighted by Crippen LogP contribution is -2.29. The van der Waals surface area contributed by atoms with E-state index in [1.54, 1.807) is 6.92 Å². The van der Waals surface area contributed by atoms with E-state index in [9.17, 15) is 4.79 Å². The molecule has 1 aromatic heterocycles. The van der Waals surface area contributed by atoms with Crippen molar-refractivity contribution in [2.75, 3.05) is 18.5 Å². The molecule has 1 saturated heterocycles. The summed E-state index contributed by atoms with van der Waals surface area (Å²) in [6.45, 7) is 4.56. The monoisotopic (exact) mass is 355 g/mol. The summed E-state index contributed by atoms with van der Waals surface area (Å²) in [5.74, 6) is 0.224. The lowest BCUT2D eigenvalue weighted by Gasteiger charge is -2.30. The van der Waals surface area contributed by atoms with Gasteiger partial charge in [0.1, 0.15) is 12.1 Å². The molecule has 2 aromatic rings. The number of carbonyl (C=O) groups is 1. The minimum absolute atomic E-state index is 0.106. The first-order chi connectivity index (χ1) is 12.7. The molecule has 2 atom stereocenters. The Morgan fingerprint density at radius 2 is 2.08 bits per heavy atom. The van der Waals surface area contributed by atoms with E-state index >= 15 is 0 Å². The first-order valence-corrected chi connectivity index (χ1v) is 9.12. The van der Waals surface area contributed by atoms with Gasteiger partial charge >= 0.3 is 5.97 Å². The highest BCUT2D eigenvalue weighted by molar-refractivity contribution is 5.90. The molecule has 3 rings (SSSR count). The molecule has 0 radical (unpaired) electrons. The number of nitrogens with one attached hydrogen (secondary N) is 1. The normalized spacial score (nSPS) is 19.8. The van der Waals surface area contributed by atoms with E-state index in [1.165, 1.54) is 11.9 Å². The van der Waals surface area contributed by atoms with Crippen LogP contribution in [0.15, 0.2) is 36.7 Å². The second-order valence-electron chi connectivity index (χ2n) is 6.39. The topological polar surface area (TPSA) is 73.3 Å². The van der Waals surface area contributed by atoms with Gasteiger partial charge in [0.25, 0.3) is 0 Å². The second kappa shape index (κ2) is 8.76. The smallest absolute Gasteiger partial charge is 0.357 e. The van der Waals surface area contributed by atoms with Crippen LogP contribution >= 0.6 is 0 Å². The van der Waals surface area contributed by atoms with Crippen molar-refractivity contribution in [1.82, 2.24) is 9.97 Å². The van der Waals surface area contributed by atoms with Gasteiger partial charge < -0.3 is 14.8 Å². The number of carbonyl (C=O) groups excluding carboxylic acids is 1. The van der Waals surface area contributed by atoms with Crippen molar-refractivity contribution in [2.45, 2.75) is 45.3 Å². The number of ether oxygens (including phenoxy) is 2. The van der Waals surface area contributed by atoms with E-state index in [1.807, 2.05) is 25.1 Å². The summed E-state index contributed by atoms with van der Waals surface area (Å²) in [5, 5.41) is 3.31. The third kappa shape index (κ3) is 4.38. The van der Waals surface area contributed by atoms with Crippen LogP contribution in [-0.2, 0) is 9.47 Å². The van der Waals surface area contributed by atoms with Crippen LogP contribution in [0, 0.1) is 6.92 Å². The summed E-state index contributed by atoms with van der Waals surface area (Å²) < 4.78 is 11.3. The minimum atomic E-state index is -0.423. The maximum Gasteiger partial charge on any atom is 0.357 e. The number of nitrogens with zero attached hydrogens (tertiary/aromatic N) is 2. The number of benzene rings is 1. The SMILES string of the molecule is CCOC(=O)c1ncnc(NC[C@H]2CCC[C@@H](c3ccccc3)O2)c1C. The van der Waals surface area contributed by atoms with Gasteiger partial charge in [0.15, 0.2) is 5.69 Å². The van der Waals surface area contributed by atoms with Gasteiger partial charge in [-0.05, 0) is 38.7 Å². The summed E-state index contributed by atoms with van der Waals surface area (Å²) in [5.41, 5.74) is 2.22. The Kier molecular flexibility index (Phi) is 6.17. The zero-order chi connectivity index (χ0) is 18.4. The average Bonchev–Trinajstić information content (AvgIpc) is 2.68. The third-order valence-corrected chi connectivity index (χ3v) is 4.57. The molecule has 1 aromatic carbocycles. The van der Waals surface area contributed by atoms with Crippen LogP contribution in [0.4, 0.5) is 5.82 Å². The second-order valence-corrected chi connectivity index (χ2v) is 6.39. The molecule has 0 spiro atoms. The fourth-order valence-electron chi connectivity index (χ4n) is 3.21. The van der Waals surface area contributed by atoms with Gasteiger partial charge in [-0.15, -0.1) is 0 Å². The number of rotatable bonds is 6. The Labute approximate surface area is 154 Å². The van der Waals surface area contributed by atoms with Crippen molar-refractivity contribution in [3.8, 4) is 0 Å². The van der Waals surface area contributed by atoms with Crippen LogP contribution in [0.2, 0.25) is 0 Å². The van der Waals surface area contributed by atoms with Crippen molar-refractivity contribution < 1.29 is 14.3 Å². The van der Waals surface area contributed by atoms with E-state index in [4.69, 9.17) is 9.47 Å². The molecule has 26 heavy (non-hydrogen) atoms. The summed E-state index contributed by atoms with van der Waals surface area (Å²) in [7, 11) is 0. The van der Waals surface area contributed by atoms with Crippen LogP contribution in [0.3, 0.4) is 0 Å². The predicted octanol–water partition coefficient (Wildman–Crippen LogP) is 3.68. The molecule has 6 heteroatoms. The van der Waals surface area contributed by atoms with Crippen LogP contribution in [0.5, 0.6) is 0 Å². The van der Waals surface area contributed by atoms with Crippen LogP contribution in [0.1, 0.15) is 53.9 Å². The number of hydrogen-bond donors (Lipinski definition) is 1. The van der Waals surface area contributed by atoms with Crippen LogP contribution in [0.25, 0.3) is 0 Å². The molecule has 0 unspecified atom stereocenters. The lowest BCUT2D eigenvalue weighted by molar-refractivity contribution is -0.0442. The third-order valence-electron chi connectivity index (χ3n) is 4.57. The first-order valence-electron chi connectivity index (χ1n) is 9.12. The number of anilines is 1. The largest absolute Gasteiger partial charge is 0.461 e. The molecule has 0 bridgehead atoms. The average molecular weight is 355 g/mol. The van der Waals surface area contributed by atoms with Gasteiger partial charge in [-0.1, -0.05) is 30.3 Å². The highest BCUT2D eigenvalue weighted by Gasteiger charge is 2.24. The zero-order valence-corrected chi connectivity index (χ0v) is 15.3. The standard InChI is InChI=1S/C20H25N3O3/c1-3-25-20(24)18-14(2)19(23-13-22-18)21-12-16-10-7-11-17(26-16)15-8-5-4-6-9-15/h4-6,8-9,13,16-17H,3,7,10-12H2,1-2H3,(H,21,22,23)/t16-,17+/m1/s1. The van der Waals surface area contributed by atoms with E-state index in [0.717, 1.165) is 19.3 Å². The highest BCUT2D eigenvalue weighted by Crippen LogP contribution is 2.31. The molecule has 0 saturated carbocycles. The Bertz CT molecular complexity index is 736. The van der Waals surface area contributed by atoms with Gasteiger partial charge in [0, 0.05) is 12.1 Å². The Balaban J connectivity index is 1.62. The molecular weight excluding hydrogens is 330 g/mol. The summed E-state index contributed by atoms with van der Waals surface area (Å²) in [6, 6.07) is 10.3. The Morgan fingerprint density at radius 1 is 1.27 bits per heavy atom. The van der Waals surface area contributed by atoms with Crippen LogP contribution < -0.4 is 5.32 Å². The van der Waals surface area contributed by atoms with Crippen molar-refractivity contribution >= 4 is 11.8 Å². The van der Waals surface area contributed by atoms with Gasteiger partial charge in [-0.2, -0.15) is 0 Å². The molecule has 138 valence electrons. The summed E-state index contributed by atoms with van der Waals surface area (Å²) in [6.07, 6.45) is 4.80. The number of aromatic nitrogens is 2. The number of hydrogen-bond acceptors (Lipinski definition) is 6. The highest BCUT2D eigenvalue weighted by atomic mass is 16.5. The molecule has 1 aliphatic heterocycles. The van der Waals surface area contributed by atoms with E-state index < -0.39 is 5.97 Å². The van der Waals surface area contributed by atoms with Gasteiger partial charge in [-0.3, -0.25) is 0 Å². The van der Waals surface area contributed by atoms with Crippen LogP contribution in [-0.4, -0.2) is 35.2 Å². The molecule has 1 aliphatic rings. The first kappa shape index (κ1) is 18.3. The molecule has 0 aliphatic carbocycles. The molecule has 6 nitrogen and oxygen atoms in total. The maximum absolute atomic E-state index is 12.0.